The van der Waals surface area contributed by atoms with Gasteiger partial charge in [-0.3, -0.25) is 0 Å². The summed E-state index contributed by atoms with van der Waals surface area (Å²) in [5.41, 5.74) is 4.47. The predicted molar refractivity (Wildman–Crippen MR) is 133 cm³/mol. The molecule has 0 fully saturated rings. The first-order valence-corrected chi connectivity index (χ1v) is 10.8. The second kappa shape index (κ2) is 5.86. The Labute approximate surface area is 179 Å². The van der Waals surface area contributed by atoms with Crippen LogP contribution in [-0.4, -0.2) is 0 Å². The average molecular weight is 396 g/mol. The molecule has 7 aromatic rings. The first kappa shape index (κ1) is 16.9. The van der Waals surface area contributed by atoms with E-state index in [9.17, 15) is 0 Å². The number of hydrogen-bond donors (Lipinski definition) is 0. The van der Waals surface area contributed by atoms with Crippen molar-refractivity contribution in [3.05, 3.63) is 96.1 Å². The van der Waals surface area contributed by atoms with Crippen molar-refractivity contribution >= 4 is 65.0 Å². The predicted octanol–water partition coefficient (Wildman–Crippen LogP) is 8.82. The molecule has 0 bridgehead atoms. The first-order valence-electron chi connectivity index (χ1n) is 10.8. The van der Waals surface area contributed by atoms with Crippen LogP contribution in [0.1, 0.15) is 11.1 Å². The number of hydrogen-bond acceptors (Lipinski definition) is 1. The Morgan fingerprint density at radius 3 is 1.26 bits per heavy atom. The molecule has 7 rings (SSSR count). The Bertz CT molecular complexity index is 1710. The monoisotopic (exact) mass is 396 g/mol. The second-order valence-corrected chi connectivity index (χ2v) is 8.90. The van der Waals surface area contributed by atoms with Crippen LogP contribution in [0, 0.1) is 13.8 Å². The summed E-state index contributed by atoms with van der Waals surface area (Å²) >= 11 is 0. The summed E-state index contributed by atoms with van der Waals surface area (Å²) < 4.78 is 6.33. The molecule has 0 unspecified atom stereocenters. The molecule has 0 aliphatic rings. The lowest BCUT2D eigenvalue weighted by Gasteiger charge is -2.05. The van der Waals surface area contributed by atoms with Crippen molar-refractivity contribution in [3.63, 3.8) is 0 Å². The second-order valence-electron chi connectivity index (χ2n) is 8.90. The third kappa shape index (κ3) is 2.50. The van der Waals surface area contributed by atoms with Gasteiger partial charge < -0.3 is 4.42 Å². The van der Waals surface area contributed by atoms with E-state index in [4.69, 9.17) is 4.42 Å². The van der Waals surface area contributed by atoms with E-state index in [1.54, 1.807) is 0 Å². The zero-order chi connectivity index (χ0) is 20.7. The van der Waals surface area contributed by atoms with E-state index < -0.39 is 0 Å². The quantitative estimate of drug-likeness (QED) is 0.233. The number of furan rings is 1. The molecular formula is C30H20O. The van der Waals surface area contributed by atoms with E-state index in [0.29, 0.717) is 0 Å². The van der Waals surface area contributed by atoms with Crippen LogP contribution >= 0.6 is 0 Å². The molecule has 0 saturated carbocycles. The molecule has 0 amide bonds. The minimum Gasteiger partial charge on any atom is -0.456 e. The van der Waals surface area contributed by atoms with Crippen LogP contribution in [0.2, 0.25) is 0 Å². The molecule has 0 saturated heterocycles. The number of aryl methyl sites for hydroxylation is 2. The van der Waals surface area contributed by atoms with Crippen LogP contribution in [0.3, 0.4) is 0 Å². The van der Waals surface area contributed by atoms with Crippen molar-refractivity contribution < 1.29 is 4.42 Å². The summed E-state index contributed by atoms with van der Waals surface area (Å²) in [5, 5.41) is 12.4. The molecule has 1 aromatic heterocycles. The van der Waals surface area contributed by atoms with Gasteiger partial charge in [0.2, 0.25) is 0 Å². The highest BCUT2D eigenvalue weighted by Crippen LogP contribution is 2.37. The van der Waals surface area contributed by atoms with Gasteiger partial charge in [-0.05, 0) is 105 Å². The van der Waals surface area contributed by atoms with Gasteiger partial charge in [0.05, 0.1) is 0 Å². The fourth-order valence-electron chi connectivity index (χ4n) is 5.00. The highest BCUT2D eigenvalue weighted by molar-refractivity contribution is 6.15. The summed E-state index contributed by atoms with van der Waals surface area (Å²) in [6.07, 6.45) is 0. The summed E-state index contributed by atoms with van der Waals surface area (Å²) in [6.45, 7) is 4.29. The summed E-state index contributed by atoms with van der Waals surface area (Å²) in [4.78, 5) is 0. The zero-order valence-electron chi connectivity index (χ0n) is 17.5. The Balaban J connectivity index is 1.56. The fourth-order valence-corrected chi connectivity index (χ4v) is 5.00. The van der Waals surface area contributed by atoms with Gasteiger partial charge in [0, 0.05) is 10.8 Å². The maximum Gasteiger partial charge on any atom is 0.136 e. The number of rotatable bonds is 0. The van der Waals surface area contributed by atoms with Gasteiger partial charge in [-0.2, -0.15) is 0 Å². The lowest BCUT2D eigenvalue weighted by molar-refractivity contribution is 0.670. The minimum absolute atomic E-state index is 0.949. The maximum atomic E-state index is 6.33. The standard InChI is InChI=1S/C30H20O/c1-17-3-5-19-9-25-15-29-27(13-23(25)11-21(19)7-17)28-14-24-12-22-8-18(2)4-6-20(22)10-26(24)16-30(28)31-29/h3-16H,1-2H3. The average Bonchev–Trinajstić information content (AvgIpc) is 3.09. The van der Waals surface area contributed by atoms with Gasteiger partial charge >= 0.3 is 0 Å². The molecule has 6 aromatic carbocycles. The highest BCUT2D eigenvalue weighted by Gasteiger charge is 2.11. The molecule has 0 aliphatic heterocycles. The maximum absolute atomic E-state index is 6.33. The van der Waals surface area contributed by atoms with Gasteiger partial charge in [-0.1, -0.05) is 47.5 Å². The third-order valence-corrected chi connectivity index (χ3v) is 6.61. The smallest absolute Gasteiger partial charge is 0.136 e. The van der Waals surface area contributed by atoms with Gasteiger partial charge in [-0.15, -0.1) is 0 Å². The van der Waals surface area contributed by atoms with E-state index in [0.717, 1.165) is 11.2 Å². The van der Waals surface area contributed by atoms with Gasteiger partial charge in [-0.25, -0.2) is 0 Å². The van der Waals surface area contributed by atoms with Crippen molar-refractivity contribution in [3.8, 4) is 0 Å². The largest absolute Gasteiger partial charge is 0.456 e. The topological polar surface area (TPSA) is 13.1 Å². The van der Waals surface area contributed by atoms with E-state index in [-0.39, 0.29) is 0 Å². The first-order chi connectivity index (χ1) is 15.1. The molecule has 146 valence electrons. The minimum atomic E-state index is 0.949. The molecule has 1 nitrogen and oxygen atoms in total. The lowest BCUT2D eigenvalue weighted by atomic mass is 9.98. The molecule has 31 heavy (non-hydrogen) atoms. The zero-order valence-corrected chi connectivity index (χ0v) is 17.5. The van der Waals surface area contributed by atoms with Gasteiger partial charge in [0.15, 0.2) is 0 Å². The molecule has 0 atom stereocenters. The Hall–Kier alpha value is -3.84. The summed E-state index contributed by atoms with van der Waals surface area (Å²) in [7, 11) is 0. The molecule has 0 spiro atoms. The van der Waals surface area contributed by atoms with Crippen molar-refractivity contribution in [2.24, 2.45) is 0 Å². The van der Waals surface area contributed by atoms with Crippen LogP contribution in [0.5, 0.6) is 0 Å². The van der Waals surface area contributed by atoms with E-state index in [1.807, 2.05) is 0 Å². The fraction of sp³-hybridized carbons (Fsp3) is 0.0667. The van der Waals surface area contributed by atoms with Crippen molar-refractivity contribution in [2.45, 2.75) is 13.8 Å². The highest BCUT2D eigenvalue weighted by atomic mass is 16.3. The van der Waals surface area contributed by atoms with E-state index >= 15 is 0 Å². The molecule has 1 heterocycles. The Morgan fingerprint density at radius 1 is 0.387 bits per heavy atom. The molecule has 0 aliphatic carbocycles. The third-order valence-electron chi connectivity index (χ3n) is 6.61. The van der Waals surface area contributed by atoms with Crippen molar-refractivity contribution in [2.75, 3.05) is 0 Å². The van der Waals surface area contributed by atoms with Crippen LogP contribution in [0.25, 0.3) is 65.0 Å². The number of benzene rings is 6. The van der Waals surface area contributed by atoms with Crippen molar-refractivity contribution in [1.82, 2.24) is 0 Å². The SMILES string of the molecule is Cc1ccc2cc3cc4oc5cc6cc7ccc(C)cc7cc6cc5c4cc3cc2c1. The molecular weight excluding hydrogens is 376 g/mol. The molecule has 1 heteroatoms. The van der Waals surface area contributed by atoms with Crippen LogP contribution in [0.15, 0.2) is 89.3 Å². The summed E-state index contributed by atoms with van der Waals surface area (Å²) in [6, 6.07) is 31.3. The Kier molecular flexibility index (Phi) is 3.20. The van der Waals surface area contributed by atoms with Gasteiger partial charge in [0.1, 0.15) is 11.2 Å². The molecule has 0 radical (unpaired) electrons. The van der Waals surface area contributed by atoms with Crippen LogP contribution < -0.4 is 0 Å². The summed E-state index contributed by atoms with van der Waals surface area (Å²) in [5.74, 6) is 0. The number of fused-ring (bicyclic) bond motifs is 7. The van der Waals surface area contributed by atoms with Crippen molar-refractivity contribution in [1.29, 1.82) is 0 Å². The lowest BCUT2D eigenvalue weighted by Crippen LogP contribution is -1.79. The van der Waals surface area contributed by atoms with E-state index in [2.05, 4.69) is 98.8 Å². The molecule has 0 N–H and O–H groups in total. The van der Waals surface area contributed by atoms with Crippen LogP contribution in [0.4, 0.5) is 0 Å². The van der Waals surface area contributed by atoms with Gasteiger partial charge in [0.25, 0.3) is 0 Å². The van der Waals surface area contributed by atoms with E-state index in [1.165, 1.54) is 65.0 Å². The normalized spacial score (nSPS) is 12.2. The van der Waals surface area contributed by atoms with Crippen LogP contribution in [-0.2, 0) is 0 Å². The Morgan fingerprint density at radius 2 is 0.774 bits per heavy atom.